The van der Waals surface area contributed by atoms with E-state index in [0.717, 1.165) is 25.8 Å². The molecule has 1 amide bonds. The van der Waals surface area contributed by atoms with Crippen LogP contribution in [0.3, 0.4) is 0 Å². The monoisotopic (exact) mass is 213 g/mol. The largest absolute Gasteiger partial charge is 0.383 e. The lowest BCUT2D eigenvalue weighted by Crippen LogP contribution is -2.38. The van der Waals surface area contributed by atoms with Gasteiger partial charge in [0.15, 0.2) is 0 Å². The van der Waals surface area contributed by atoms with Crippen molar-refractivity contribution in [2.24, 2.45) is 5.92 Å². The summed E-state index contributed by atoms with van der Waals surface area (Å²) in [7, 11) is 1.70. The van der Waals surface area contributed by atoms with Gasteiger partial charge in [0, 0.05) is 20.1 Å². The summed E-state index contributed by atoms with van der Waals surface area (Å²) in [5.74, 6) is 0.917. The molecule has 0 spiro atoms. The molecule has 0 saturated carbocycles. The van der Waals surface area contributed by atoms with Gasteiger partial charge in [-0.25, -0.2) is 0 Å². The normalized spacial score (nSPS) is 21.3. The summed E-state index contributed by atoms with van der Waals surface area (Å²) in [6.07, 6.45) is 3.91. The number of hydrogen-bond acceptors (Lipinski definition) is 2. The summed E-state index contributed by atoms with van der Waals surface area (Å²) in [6.45, 7) is 5.92. The number of ether oxygens (including phenoxy) is 1. The van der Waals surface area contributed by atoms with Crippen LogP contribution in [0.2, 0.25) is 0 Å². The molecule has 0 aromatic heterocycles. The van der Waals surface area contributed by atoms with Crippen LogP contribution < -0.4 is 0 Å². The molecule has 3 nitrogen and oxygen atoms in total. The Bertz CT molecular complexity index is 204. The van der Waals surface area contributed by atoms with Crippen LogP contribution in [0.15, 0.2) is 0 Å². The van der Waals surface area contributed by atoms with Gasteiger partial charge in [-0.05, 0) is 25.2 Å². The Balaban J connectivity index is 2.36. The van der Waals surface area contributed by atoms with E-state index in [1.807, 2.05) is 4.90 Å². The van der Waals surface area contributed by atoms with Gasteiger partial charge in [-0.3, -0.25) is 4.79 Å². The third-order valence-corrected chi connectivity index (χ3v) is 2.99. The third kappa shape index (κ3) is 3.82. The zero-order valence-electron chi connectivity index (χ0n) is 10.2. The summed E-state index contributed by atoms with van der Waals surface area (Å²) < 4.78 is 5.14. The van der Waals surface area contributed by atoms with E-state index in [2.05, 4.69) is 13.8 Å². The van der Waals surface area contributed by atoms with Crippen molar-refractivity contribution in [2.45, 2.75) is 45.6 Å². The van der Waals surface area contributed by atoms with Crippen molar-refractivity contribution >= 4 is 5.91 Å². The summed E-state index contributed by atoms with van der Waals surface area (Å²) in [5, 5.41) is 0. The first kappa shape index (κ1) is 12.5. The molecule has 0 aromatic rings. The van der Waals surface area contributed by atoms with E-state index in [1.165, 1.54) is 0 Å². The van der Waals surface area contributed by atoms with Gasteiger partial charge in [-0.15, -0.1) is 0 Å². The average Bonchev–Trinajstić information content (AvgIpc) is 2.63. The fourth-order valence-corrected chi connectivity index (χ4v) is 2.09. The van der Waals surface area contributed by atoms with Crippen molar-refractivity contribution in [2.75, 3.05) is 20.3 Å². The third-order valence-electron chi connectivity index (χ3n) is 2.99. The summed E-state index contributed by atoms with van der Waals surface area (Å²) >= 11 is 0. The first-order chi connectivity index (χ1) is 7.15. The first-order valence-electron chi connectivity index (χ1n) is 5.93. The second-order valence-corrected chi connectivity index (χ2v) is 4.77. The summed E-state index contributed by atoms with van der Waals surface area (Å²) in [4.78, 5) is 13.9. The standard InChI is InChI=1S/C12H23NO2/c1-10(2)6-7-12(14)13-8-4-5-11(13)9-15-3/h10-11H,4-9H2,1-3H3/t11-/m0/s1. The second-order valence-electron chi connectivity index (χ2n) is 4.77. The van der Waals surface area contributed by atoms with Gasteiger partial charge >= 0.3 is 0 Å². The summed E-state index contributed by atoms with van der Waals surface area (Å²) in [6, 6.07) is 0.328. The highest BCUT2D eigenvalue weighted by Gasteiger charge is 2.27. The van der Waals surface area contributed by atoms with Gasteiger partial charge in [0.25, 0.3) is 0 Å². The SMILES string of the molecule is COC[C@@H]1CCCN1C(=O)CCC(C)C. The number of carbonyl (C=O) groups excluding carboxylic acids is 1. The number of rotatable bonds is 5. The number of methoxy groups -OCH3 is 1. The zero-order valence-corrected chi connectivity index (χ0v) is 10.2. The highest BCUT2D eigenvalue weighted by atomic mass is 16.5. The number of nitrogens with zero attached hydrogens (tertiary/aromatic N) is 1. The Morgan fingerprint density at radius 3 is 2.87 bits per heavy atom. The van der Waals surface area contributed by atoms with Gasteiger partial charge in [0.1, 0.15) is 0 Å². The van der Waals surface area contributed by atoms with E-state index in [4.69, 9.17) is 4.74 Å². The predicted molar refractivity (Wildman–Crippen MR) is 60.7 cm³/mol. The fraction of sp³-hybridized carbons (Fsp3) is 0.917. The molecule has 3 heteroatoms. The van der Waals surface area contributed by atoms with Gasteiger partial charge in [0.2, 0.25) is 5.91 Å². The van der Waals surface area contributed by atoms with E-state index < -0.39 is 0 Å². The maximum Gasteiger partial charge on any atom is 0.222 e. The maximum atomic E-state index is 11.9. The van der Waals surface area contributed by atoms with E-state index >= 15 is 0 Å². The van der Waals surface area contributed by atoms with Gasteiger partial charge in [0.05, 0.1) is 12.6 Å². The van der Waals surface area contributed by atoms with Gasteiger partial charge < -0.3 is 9.64 Å². The lowest BCUT2D eigenvalue weighted by molar-refractivity contribution is -0.133. The van der Waals surface area contributed by atoms with E-state index in [9.17, 15) is 4.79 Å². The molecule has 0 radical (unpaired) electrons. The molecule has 1 rings (SSSR count). The molecule has 1 saturated heterocycles. The van der Waals surface area contributed by atoms with Crippen molar-refractivity contribution in [3.8, 4) is 0 Å². The van der Waals surface area contributed by atoms with Crippen molar-refractivity contribution in [1.29, 1.82) is 0 Å². The van der Waals surface area contributed by atoms with Crippen molar-refractivity contribution < 1.29 is 9.53 Å². The van der Waals surface area contributed by atoms with Crippen LogP contribution in [0.5, 0.6) is 0 Å². The Kier molecular flexibility index (Phi) is 5.09. The Morgan fingerprint density at radius 1 is 1.53 bits per heavy atom. The van der Waals surface area contributed by atoms with Crippen LogP contribution in [0.1, 0.15) is 39.5 Å². The molecule has 1 fully saturated rings. The molecule has 0 aromatic carbocycles. The first-order valence-corrected chi connectivity index (χ1v) is 5.93. The van der Waals surface area contributed by atoms with Crippen LogP contribution >= 0.6 is 0 Å². The fourth-order valence-electron chi connectivity index (χ4n) is 2.09. The molecule has 0 bridgehead atoms. The molecular weight excluding hydrogens is 190 g/mol. The van der Waals surface area contributed by atoms with E-state index in [-0.39, 0.29) is 0 Å². The molecule has 0 N–H and O–H groups in total. The van der Waals surface area contributed by atoms with E-state index in [1.54, 1.807) is 7.11 Å². The molecule has 1 aliphatic rings. The Labute approximate surface area is 92.8 Å². The quantitative estimate of drug-likeness (QED) is 0.699. The number of hydrogen-bond donors (Lipinski definition) is 0. The molecule has 1 aliphatic heterocycles. The second kappa shape index (κ2) is 6.11. The minimum Gasteiger partial charge on any atom is -0.383 e. The molecular formula is C12H23NO2. The minimum atomic E-state index is 0.309. The average molecular weight is 213 g/mol. The lowest BCUT2D eigenvalue weighted by atomic mass is 10.1. The van der Waals surface area contributed by atoms with Gasteiger partial charge in [-0.2, -0.15) is 0 Å². The number of carbonyl (C=O) groups is 1. The molecule has 0 unspecified atom stereocenters. The predicted octanol–water partition coefficient (Wildman–Crippen LogP) is 2.06. The summed E-state index contributed by atoms with van der Waals surface area (Å²) in [5.41, 5.74) is 0. The number of amides is 1. The molecule has 1 heterocycles. The number of likely N-dealkylation sites (tertiary alicyclic amines) is 1. The van der Waals surface area contributed by atoms with Crippen LogP contribution in [-0.2, 0) is 9.53 Å². The Morgan fingerprint density at radius 2 is 2.27 bits per heavy atom. The highest BCUT2D eigenvalue weighted by Crippen LogP contribution is 2.19. The van der Waals surface area contributed by atoms with Crippen LogP contribution in [-0.4, -0.2) is 37.1 Å². The molecule has 88 valence electrons. The van der Waals surface area contributed by atoms with Crippen molar-refractivity contribution in [3.63, 3.8) is 0 Å². The zero-order chi connectivity index (χ0) is 11.3. The molecule has 1 atom stereocenters. The van der Waals surface area contributed by atoms with Crippen LogP contribution in [0.4, 0.5) is 0 Å². The van der Waals surface area contributed by atoms with Gasteiger partial charge in [-0.1, -0.05) is 13.8 Å². The maximum absolute atomic E-state index is 11.9. The molecule has 0 aliphatic carbocycles. The lowest BCUT2D eigenvalue weighted by Gasteiger charge is -2.24. The highest BCUT2D eigenvalue weighted by molar-refractivity contribution is 5.76. The van der Waals surface area contributed by atoms with E-state index in [0.29, 0.717) is 30.9 Å². The van der Waals surface area contributed by atoms with Crippen LogP contribution in [0, 0.1) is 5.92 Å². The topological polar surface area (TPSA) is 29.5 Å². The van der Waals surface area contributed by atoms with Crippen molar-refractivity contribution in [1.82, 2.24) is 4.90 Å². The molecule has 15 heavy (non-hydrogen) atoms. The van der Waals surface area contributed by atoms with Crippen LogP contribution in [0.25, 0.3) is 0 Å². The minimum absolute atomic E-state index is 0.309. The van der Waals surface area contributed by atoms with Crippen molar-refractivity contribution in [3.05, 3.63) is 0 Å². The smallest absolute Gasteiger partial charge is 0.222 e. The Hall–Kier alpha value is -0.570.